The Balaban J connectivity index is 1.16. The Hall–Kier alpha value is -5.05. The Kier molecular flexibility index (Phi) is 7.40. The van der Waals surface area contributed by atoms with E-state index in [0.29, 0.717) is 30.3 Å². The molecule has 3 aromatic heterocycles. The van der Waals surface area contributed by atoms with Gasteiger partial charge in [0.2, 0.25) is 5.91 Å². The van der Waals surface area contributed by atoms with Gasteiger partial charge in [-0.15, -0.1) is 0 Å². The number of pyridine rings is 1. The highest BCUT2D eigenvalue weighted by Crippen LogP contribution is 2.36. The topological polar surface area (TPSA) is 96.0 Å². The molecule has 1 saturated heterocycles. The Morgan fingerprint density at radius 1 is 1.10 bits per heavy atom. The maximum atomic E-state index is 15.2. The van der Waals surface area contributed by atoms with Crippen LogP contribution in [-0.4, -0.2) is 43.8 Å². The fraction of sp³-hybridized carbons (Fsp3) is 0.188. The number of hydrogen-bond donors (Lipinski definition) is 2. The van der Waals surface area contributed by atoms with Gasteiger partial charge in [-0.3, -0.25) is 9.78 Å². The van der Waals surface area contributed by atoms with Crippen LogP contribution in [0.15, 0.2) is 92.0 Å². The largest absolute Gasteiger partial charge is 0.489 e. The molecule has 1 fully saturated rings. The van der Waals surface area contributed by atoms with E-state index in [1.807, 2.05) is 53.6 Å². The van der Waals surface area contributed by atoms with Crippen molar-refractivity contribution in [1.82, 2.24) is 24.8 Å². The number of nitrogens with one attached hydrogen (secondary N) is 2. The minimum atomic E-state index is -0.456. The molecule has 0 unspecified atom stereocenters. The zero-order valence-electron chi connectivity index (χ0n) is 22.4. The summed E-state index contributed by atoms with van der Waals surface area (Å²) in [5, 5.41) is 3.98. The van der Waals surface area contributed by atoms with Gasteiger partial charge in [-0.2, -0.15) is 0 Å². The first-order valence-electron chi connectivity index (χ1n) is 13.5. The van der Waals surface area contributed by atoms with E-state index in [4.69, 9.17) is 4.74 Å². The number of aromatic amines is 1. The van der Waals surface area contributed by atoms with Gasteiger partial charge in [0.15, 0.2) is 0 Å². The van der Waals surface area contributed by atoms with Crippen molar-refractivity contribution in [3.8, 4) is 17.0 Å². The lowest BCUT2D eigenvalue weighted by Crippen LogP contribution is -2.36. The van der Waals surface area contributed by atoms with Gasteiger partial charge in [0.1, 0.15) is 36.0 Å². The molecular formula is C32H29FN6O2. The van der Waals surface area contributed by atoms with Gasteiger partial charge in [0, 0.05) is 37.1 Å². The van der Waals surface area contributed by atoms with Crippen LogP contribution in [-0.2, 0) is 11.4 Å². The van der Waals surface area contributed by atoms with Gasteiger partial charge in [-0.25, -0.2) is 14.4 Å². The van der Waals surface area contributed by atoms with Crippen LogP contribution in [0.2, 0.25) is 0 Å². The van der Waals surface area contributed by atoms with Crippen molar-refractivity contribution in [2.75, 3.05) is 18.4 Å². The molecule has 2 aromatic carbocycles. The normalized spacial score (nSPS) is 13.7. The maximum Gasteiger partial charge on any atom is 0.245 e. The van der Waals surface area contributed by atoms with Crippen molar-refractivity contribution in [3.63, 3.8) is 0 Å². The molecule has 2 N–H and O–H groups in total. The highest BCUT2D eigenvalue weighted by molar-refractivity contribution is 5.92. The van der Waals surface area contributed by atoms with Gasteiger partial charge >= 0.3 is 0 Å². The predicted octanol–water partition coefficient (Wildman–Crippen LogP) is 6.37. The smallest absolute Gasteiger partial charge is 0.245 e. The molecule has 1 aliphatic rings. The quantitative estimate of drug-likeness (QED) is 0.219. The van der Waals surface area contributed by atoms with Gasteiger partial charge in [0.05, 0.1) is 16.8 Å². The Bertz CT molecular complexity index is 1700. The number of rotatable bonds is 8. The van der Waals surface area contributed by atoms with Crippen LogP contribution in [0.25, 0.3) is 22.3 Å². The molecule has 41 heavy (non-hydrogen) atoms. The van der Waals surface area contributed by atoms with Gasteiger partial charge in [-0.1, -0.05) is 36.9 Å². The Labute approximate surface area is 236 Å². The summed E-state index contributed by atoms with van der Waals surface area (Å²) in [6.07, 6.45) is 8.11. The molecule has 5 aromatic rings. The molecule has 0 spiro atoms. The third kappa shape index (κ3) is 5.65. The Morgan fingerprint density at radius 3 is 2.71 bits per heavy atom. The average Bonchev–Trinajstić information content (AvgIpc) is 3.47. The number of aromatic nitrogens is 4. The second-order valence-corrected chi connectivity index (χ2v) is 9.96. The number of H-pyrrole nitrogens is 1. The fourth-order valence-electron chi connectivity index (χ4n) is 5.26. The molecule has 0 saturated carbocycles. The predicted molar refractivity (Wildman–Crippen MR) is 156 cm³/mol. The molecular weight excluding hydrogens is 519 g/mol. The number of ether oxygens (including phenoxy) is 1. The molecule has 0 bridgehead atoms. The molecule has 0 atom stereocenters. The zero-order valence-corrected chi connectivity index (χ0v) is 22.4. The Morgan fingerprint density at radius 2 is 1.93 bits per heavy atom. The number of carbonyl (C=O) groups excluding carboxylic acids is 1. The molecule has 4 heterocycles. The van der Waals surface area contributed by atoms with E-state index in [1.54, 1.807) is 18.3 Å². The standard InChI is InChI=1S/C32H29FN6O2/c1-2-29(40)39-14-11-22(12-15-39)25-18-35-31-30(25)32(37-20-36-31)38-27-9-8-24(17-26(27)33)41-19-21-10-13-34-28(16-21)23-6-4-3-5-7-23/h2-10,13,16-18,20,22H,1,11-12,14-15,19H2,(H2,35,36,37,38). The number of likely N-dealkylation sites (tertiary alicyclic amines) is 1. The molecule has 0 aliphatic carbocycles. The van der Waals surface area contributed by atoms with Crippen molar-refractivity contribution in [1.29, 1.82) is 0 Å². The summed E-state index contributed by atoms with van der Waals surface area (Å²) in [7, 11) is 0. The summed E-state index contributed by atoms with van der Waals surface area (Å²) < 4.78 is 21.1. The lowest BCUT2D eigenvalue weighted by atomic mass is 9.89. The third-order valence-electron chi connectivity index (χ3n) is 7.41. The third-order valence-corrected chi connectivity index (χ3v) is 7.41. The highest BCUT2D eigenvalue weighted by atomic mass is 19.1. The van der Waals surface area contributed by atoms with Gasteiger partial charge in [0.25, 0.3) is 0 Å². The van der Waals surface area contributed by atoms with Gasteiger partial charge < -0.3 is 19.9 Å². The van der Waals surface area contributed by atoms with Crippen LogP contribution in [0.3, 0.4) is 0 Å². The second kappa shape index (κ2) is 11.6. The minimum Gasteiger partial charge on any atom is -0.489 e. The molecule has 1 aliphatic heterocycles. The first-order chi connectivity index (χ1) is 20.1. The number of piperidine rings is 1. The first-order valence-corrected chi connectivity index (χ1v) is 13.5. The van der Waals surface area contributed by atoms with E-state index < -0.39 is 5.82 Å². The van der Waals surface area contributed by atoms with Crippen LogP contribution in [0.4, 0.5) is 15.9 Å². The van der Waals surface area contributed by atoms with Crippen LogP contribution in [0, 0.1) is 5.82 Å². The monoisotopic (exact) mass is 548 g/mol. The molecule has 1 amide bonds. The summed E-state index contributed by atoms with van der Waals surface area (Å²) in [6, 6.07) is 18.5. The molecule has 8 nitrogen and oxygen atoms in total. The number of carbonyl (C=O) groups is 1. The zero-order chi connectivity index (χ0) is 28.2. The average molecular weight is 549 g/mol. The van der Waals surface area contributed by atoms with Crippen LogP contribution in [0.1, 0.15) is 29.9 Å². The lowest BCUT2D eigenvalue weighted by molar-refractivity contribution is -0.127. The SMILES string of the molecule is C=CC(=O)N1CCC(c2c[nH]c3ncnc(Nc4ccc(OCc5ccnc(-c6ccccc6)c5)cc4F)c23)CC1. The van der Waals surface area contributed by atoms with E-state index in [2.05, 4.69) is 31.8 Å². The van der Waals surface area contributed by atoms with Crippen LogP contribution in [0.5, 0.6) is 5.75 Å². The molecule has 9 heteroatoms. The van der Waals surface area contributed by atoms with Crippen molar-refractivity contribution < 1.29 is 13.9 Å². The maximum absolute atomic E-state index is 15.2. The number of amides is 1. The first kappa shape index (κ1) is 26.2. The molecule has 0 radical (unpaired) electrons. The summed E-state index contributed by atoms with van der Waals surface area (Å²) in [5.41, 5.74) is 4.83. The number of nitrogens with zero attached hydrogens (tertiary/aromatic N) is 4. The van der Waals surface area contributed by atoms with Gasteiger partial charge in [-0.05, 0) is 60.2 Å². The van der Waals surface area contributed by atoms with E-state index in [-0.39, 0.29) is 24.1 Å². The summed E-state index contributed by atoms with van der Waals surface area (Å²) in [4.78, 5) is 30.3. The van der Waals surface area contributed by atoms with Crippen LogP contribution < -0.4 is 10.1 Å². The minimum absolute atomic E-state index is 0.0475. The van der Waals surface area contributed by atoms with E-state index in [9.17, 15) is 4.79 Å². The van der Waals surface area contributed by atoms with Crippen LogP contribution >= 0.6 is 0 Å². The van der Waals surface area contributed by atoms with Crippen molar-refractivity contribution >= 4 is 28.4 Å². The van der Waals surface area contributed by atoms with Crippen molar-refractivity contribution in [2.45, 2.75) is 25.4 Å². The summed E-state index contributed by atoms with van der Waals surface area (Å²) >= 11 is 0. The molecule has 206 valence electrons. The van der Waals surface area contributed by atoms with E-state index in [0.717, 1.165) is 40.6 Å². The lowest BCUT2D eigenvalue weighted by Gasteiger charge is -2.31. The van der Waals surface area contributed by atoms with E-state index in [1.165, 1.54) is 18.5 Å². The summed E-state index contributed by atoms with van der Waals surface area (Å²) in [6.45, 7) is 5.18. The number of hydrogen-bond acceptors (Lipinski definition) is 6. The van der Waals surface area contributed by atoms with Crippen molar-refractivity contribution in [2.24, 2.45) is 0 Å². The molecule has 6 rings (SSSR count). The summed E-state index contributed by atoms with van der Waals surface area (Å²) in [5.74, 6) is 0.659. The fourth-order valence-corrected chi connectivity index (χ4v) is 5.26. The highest BCUT2D eigenvalue weighted by Gasteiger charge is 2.26. The number of anilines is 2. The number of halogens is 1. The van der Waals surface area contributed by atoms with Crippen molar-refractivity contribution in [3.05, 3.63) is 109 Å². The number of benzene rings is 2. The van der Waals surface area contributed by atoms with E-state index >= 15 is 4.39 Å². The second-order valence-electron chi connectivity index (χ2n) is 9.96. The number of fused-ring (bicyclic) bond motifs is 1.